The Morgan fingerprint density at radius 1 is 1.44 bits per heavy atom. The van der Waals surface area contributed by atoms with Gasteiger partial charge in [-0.3, -0.25) is 9.89 Å². The molecule has 1 aromatic carbocycles. The summed E-state index contributed by atoms with van der Waals surface area (Å²) in [6.07, 6.45) is 1.76. The maximum Gasteiger partial charge on any atom is 0.290 e. The number of rotatable bonds is 4. The van der Waals surface area contributed by atoms with Crippen molar-refractivity contribution in [2.45, 2.75) is 26.3 Å². The van der Waals surface area contributed by atoms with Crippen molar-refractivity contribution in [3.8, 4) is 0 Å². The highest BCUT2D eigenvalue weighted by atomic mass is 79.9. The van der Waals surface area contributed by atoms with Gasteiger partial charge in [-0.2, -0.15) is 0 Å². The average molecular weight is 310 g/mol. The minimum absolute atomic E-state index is 0.140. The van der Waals surface area contributed by atoms with Gasteiger partial charge in [-0.15, -0.1) is 0 Å². The number of hydrogen-bond donors (Lipinski definition) is 2. The molecule has 2 rings (SSSR count). The summed E-state index contributed by atoms with van der Waals surface area (Å²) in [5, 5.41) is 3.08. The van der Waals surface area contributed by atoms with Crippen molar-refractivity contribution in [3.05, 3.63) is 50.3 Å². The Kier molecular flexibility index (Phi) is 3.91. The van der Waals surface area contributed by atoms with Gasteiger partial charge in [0.25, 0.3) is 5.56 Å². The van der Waals surface area contributed by atoms with Gasteiger partial charge in [0.1, 0.15) is 5.69 Å². The predicted molar refractivity (Wildman–Crippen MR) is 76.7 cm³/mol. The van der Waals surface area contributed by atoms with Crippen LogP contribution in [-0.2, 0) is 13.0 Å². The highest BCUT2D eigenvalue weighted by Gasteiger charge is 2.10. The average Bonchev–Trinajstić information content (AvgIpc) is 2.59. The van der Waals surface area contributed by atoms with Crippen LogP contribution in [0.2, 0.25) is 0 Å². The third kappa shape index (κ3) is 2.67. The molecule has 5 heteroatoms. The maximum atomic E-state index is 11.9. The lowest BCUT2D eigenvalue weighted by molar-refractivity contribution is 0.648. The van der Waals surface area contributed by atoms with Gasteiger partial charge < -0.3 is 5.73 Å². The smallest absolute Gasteiger partial charge is 0.290 e. The van der Waals surface area contributed by atoms with Crippen LogP contribution < -0.4 is 11.3 Å². The zero-order valence-electron chi connectivity index (χ0n) is 10.2. The summed E-state index contributed by atoms with van der Waals surface area (Å²) in [6, 6.07) is 7.87. The summed E-state index contributed by atoms with van der Waals surface area (Å²) < 4.78 is 2.56. The van der Waals surface area contributed by atoms with E-state index in [4.69, 9.17) is 5.73 Å². The van der Waals surface area contributed by atoms with Crippen LogP contribution in [0.5, 0.6) is 0 Å². The van der Waals surface area contributed by atoms with Crippen molar-refractivity contribution in [1.82, 2.24) is 9.78 Å². The van der Waals surface area contributed by atoms with Gasteiger partial charge in [0.05, 0.1) is 12.2 Å². The molecule has 0 aliphatic heterocycles. The topological polar surface area (TPSA) is 63.8 Å². The van der Waals surface area contributed by atoms with Crippen LogP contribution in [0.1, 0.15) is 24.6 Å². The molecule has 0 aliphatic rings. The molecule has 0 bridgehead atoms. The lowest BCUT2D eigenvalue weighted by Crippen LogP contribution is -2.19. The minimum Gasteiger partial charge on any atom is -0.393 e. The first kappa shape index (κ1) is 13.0. The van der Waals surface area contributed by atoms with E-state index >= 15 is 0 Å². The van der Waals surface area contributed by atoms with Crippen LogP contribution in [0.25, 0.3) is 0 Å². The molecule has 0 radical (unpaired) electrons. The van der Waals surface area contributed by atoms with Gasteiger partial charge in [0.2, 0.25) is 0 Å². The number of nitrogen functional groups attached to an aromatic ring is 1. The summed E-state index contributed by atoms with van der Waals surface area (Å²) in [4.78, 5) is 11.9. The van der Waals surface area contributed by atoms with E-state index in [-0.39, 0.29) is 5.56 Å². The molecule has 0 fully saturated rings. The lowest BCUT2D eigenvalue weighted by atomic mass is 10.2. The lowest BCUT2D eigenvalue weighted by Gasteiger charge is -2.02. The summed E-state index contributed by atoms with van der Waals surface area (Å²) >= 11 is 3.42. The first-order valence-corrected chi connectivity index (χ1v) is 6.72. The van der Waals surface area contributed by atoms with E-state index < -0.39 is 0 Å². The van der Waals surface area contributed by atoms with Gasteiger partial charge in [0, 0.05) is 4.47 Å². The second-order valence-electron chi connectivity index (χ2n) is 4.28. The van der Waals surface area contributed by atoms with Crippen molar-refractivity contribution in [1.29, 1.82) is 0 Å². The number of aromatic nitrogens is 2. The summed E-state index contributed by atoms with van der Waals surface area (Å²) in [7, 11) is 0. The molecule has 1 aromatic heterocycles. The van der Waals surface area contributed by atoms with Crippen LogP contribution >= 0.6 is 15.9 Å². The number of aryl methyl sites for hydroxylation is 1. The zero-order chi connectivity index (χ0) is 13.1. The van der Waals surface area contributed by atoms with Crippen molar-refractivity contribution < 1.29 is 0 Å². The van der Waals surface area contributed by atoms with E-state index in [1.165, 1.54) is 0 Å². The number of H-pyrrole nitrogens is 1. The molecule has 0 unspecified atom stereocenters. The Bertz CT molecular complexity index is 601. The Morgan fingerprint density at radius 3 is 2.89 bits per heavy atom. The monoisotopic (exact) mass is 309 g/mol. The quantitative estimate of drug-likeness (QED) is 0.911. The summed E-state index contributed by atoms with van der Waals surface area (Å²) in [6.45, 7) is 2.57. The Labute approximate surface area is 114 Å². The molecular weight excluding hydrogens is 294 g/mol. The van der Waals surface area contributed by atoms with Crippen LogP contribution in [0.4, 0.5) is 5.69 Å². The molecule has 0 spiro atoms. The van der Waals surface area contributed by atoms with Gasteiger partial charge in [0.15, 0.2) is 0 Å². The molecule has 0 aliphatic carbocycles. The zero-order valence-corrected chi connectivity index (χ0v) is 11.8. The summed E-state index contributed by atoms with van der Waals surface area (Å²) in [5.41, 5.74) is 7.88. The fourth-order valence-corrected chi connectivity index (χ4v) is 2.36. The third-order valence-electron chi connectivity index (χ3n) is 2.80. The van der Waals surface area contributed by atoms with Crippen LogP contribution in [0.15, 0.2) is 33.5 Å². The SMILES string of the molecule is CCCc1[nH]n(Cc2cccc(Br)c2)c(=O)c1N. The van der Waals surface area contributed by atoms with Crippen molar-refractivity contribution in [2.24, 2.45) is 0 Å². The van der Waals surface area contributed by atoms with Crippen molar-refractivity contribution >= 4 is 21.6 Å². The molecule has 18 heavy (non-hydrogen) atoms. The van der Waals surface area contributed by atoms with Gasteiger partial charge >= 0.3 is 0 Å². The molecule has 3 N–H and O–H groups in total. The highest BCUT2D eigenvalue weighted by Crippen LogP contribution is 2.13. The molecule has 2 aromatic rings. The van der Waals surface area contributed by atoms with Crippen LogP contribution in [-0.4, -0.2) is 9.78 Å². The van der Waals surface area contributed by atoms with E-state index in [2.05, 4.69) is 28.0 Å². The third-order valence-corrected chi connectivity index (χ3v) is 3.29. The number of nitrogens with two attached hydrogens (primary N) is 1. The molecule has 0 amide bonds. The molecule has 0 atom stereocenters. The standard InChI is InChI=1S/C13H16BrN3O/c1-2-4-11-12(15)13(18)17(16-11)8-9-5-3-6-10(14)7-9/h3,5-7,16H,2,4,8,15H2,1H3. The highest BCUT2D eigenvalue weighted by molar-refractivity contribution is 9.10. The Morgan fingerprint density at radius 2 is 2.22 bits per heavy atom. The number of halogens is 1. The van der Waals surface area contributed by atoms with Crippen LogP contribution in [0, 0.1) is 0 Å². The van der Waals surface area contributed by atoms with E-state index in [1.54, 1.807) is 4.68 Å². The van der Waals surface area contributed by atoms with E-state index in [0.29, 0.717) is 12.2 Å². The number of aromatic amines is 1. The number of hydrogen-bond acceptors (Lipinski definition) is 2. The van der Waals surface area contributed by atoms with Crippen molar-refractivity contribution in [2.75, 3.05) is 5.73 Å². The van der Waals surface area contributed by atoms with Gasteiger partial charge in [-0.1, -0.05) is 41.4 Å². The first-order valence-electron chi connectivity index (χ1n) is 5.93. The van der Waals surface area contributed by atoms with Gasteiger partial charge in [-0.25, -0.2) is 4.68 Å². The maximum absolute atomic E-state index is 11.9. The second kappa shape index (κ2) is 5.44. The number of nitrogens with zero attached hydrogens (tertiary/aromatic N) is 1. The van der Waals surface area contributed by atoms with E-state index in [1.807, 2.05) is 24.3 Å². The Hall–Kier alpha value is -1.49. The number of benzene rings is 1. The molecule has 1 heterocycles. The predicted octanol–water partition coefficient (Wildman–Crippen LogP) is 2.52. The largest absolute Gasteiger partial charge is 0.393 e. The first-order chi connectivity index (χ1) is 8.61. The van der Waals surface area contributed by atoms with Gasteiger partial charge in [-0.05, 0) is 24.1 Å². The summed E-state index contributed by atoms with van der Waals surface area (Å²) in [5.74, 6) is 0. The molecule has 0 saturated carbocycles. The normalized spacial score (nSPS) is 10.8. The number of nitrogens with one attached hydrogen (secondary N) is 1. The molecule has 96 valence electrons. The van der Waals surface area contributed by atoms with Crippen molar-refractivity contribution in [3.63, 3.8) is 0 Å². The minimum atomic E-state index is -0.140. The number of anilines is 1. The molecular formula is C13H16BrN3O. The molecule has 0 saturated heterocycles. The molecule has 4 nitrogen and oxygen atoms in total. The fraction of sp³-hybridized carbons (Fsp3) is 0.308. The van der Waals surface area contributed by atoms with Crippen LogP contribution in [0.3, 0.4) is 0 Å². The second-order valence-corrected chi connectivity index (χ2v) is 5.19. The van der Waals surface area contributed by atoms with E-state index in [0.717, 1.165) is 28.6 Å². The Balaban J connectivity index is 2.29. The fourth-order valence-electron chi connectivity index (χ4n) is 1.92. The van der Waals surface area contributed by atoms with E-state index in [9.17, 15) is 4.79 Å².